The lowest BCUT2D eigenvalue weighted by atomic mass is 10.1. The molecule has 0 heterocycles. The molecule has 5 nitrogen and oxygen atoms in total. The fourth-order valence-corrected chi connectivity index (χ4v) is 1.44. The molecular weight excluding hydrogens is 308 g/mol. The van der Waals surface area contributed by atoms with E-state index in [9.17, 15) is 9.90 Å². The molecule has 0 aliphatic carbocycles. The van der Waals surface area contributed by atoms with Crippen LogP contribution in [0.1, 0.15) is 19.3 Å². The average molecular weight is 320 g/mol. The van der Waals surface area contributed by atoms with E-state index >= 15 is 0 Å². The van der Waals surface area contributed by atoms with E-state index in [0.29, 0.717) is 19.4 Å². The van der Waals surface area contributed by atoms with E-state index in [1.165, 1.54) is 0 Å². The van der Waals surface area contributed by atoms with E-state index < -0.39 is 11.7 Å². The van der Waals surface area contributed by atoms with Crippen molar-refractivity contribution in [3.63, 3.8) is 0 Å². The van der Waals surface area contributed by atoms with Crippen molar-refractivity contribution in [3.8, 4) is 0 Å². The molecule has 78 valence electrons. The maximum atomic E-state index is 10.7. The summed E-state index contributed by atoms with van der Waals surface area (Å²) < 4.78 is 0.922. The van der Waals surface area contributed by atoms with Gasteiger partial charge in [0.25, 0.3) is 0 Å². The first-order valence-corrected chi connectivity index (χ1v) is 5.14. The van der Waals surface area contributed by atoms with Crippen molar-refractivity contribution >= 4 is 38.3 Å². The van der Waals surface area contributed by atoms with E-state index in [-0.39, 0.29) is 6.42 Å². The fraction of sp³-hybridized carbons (Fsp3) is 0.833. The fourth-order valence-electron chi connectivity index (χ4n) is 0.780. The van der Waals surface area contributed by atoms with E-state index in [0.717, 1.165) is 2.95 Å². The maximum absolute atomic E-state index is 10.7. The second-order valence-electron chi connectivity index (χ2n) is 2.60. The smallest absolute Gasteiger partial charge is 0.353 e. The van der Waals surface area contributed by atoms with Gasteiger partial charge in [-0.1, -0.05) is 0 Å². The Kier molecular flexibility index (Phi) is 6.06. The summed E-state index contributed by atoms with van der Waals surface area (Å²) in [5, 5.41) is 18.3. The third kappa shape index (κ3) is 3.90. The molecule has 0 amide bonds. The molecule has 0 unspecified atom stereocenters. The standard InChI is InChI=1S/C6H12Br2N2O3/c7-10(8)6(13,5(11)12)3-1-2-4-9/h13H,1-4,9H2,(H,11,12)/t6-/m1/s1. The molecule has 0 rings (SSSR count). The first kappa shape index (κ1) is 13.3. The zero-order valence-corrected chi connectivity index (χ0v) is 10.1. The number of aliphatic hydroxyl groups is 1. The number of carbonyl (C=O) groups is 1. The van der Waals surface area contributed by atoms with Crippen LogP contribution in [0.2, 0.25) is 0 Å². The van der Waals surface area contributed by atoms with Gasteiger partial charge in [-0.25, -0.2) is 4.79 Å². The topological polar surface area (TPSA) is 86.8 Å². The largest absolute Gasteiger partial charge is 0.478 e. The van der Waals surface area contributed by atoms with Crippen molar-refractivity contribution in [1.29, 1.82) is 0 Å². The Morgan fingerprint density at radius 3 is 2.31 bits per heavy atom. The Hall–Kier alpha value is 0.310. The highest BCUT2D eigenvalue weighted by molar-refractivity contribution is 9.21. The van der Waals surface area contributed by atoms with Gasteiger partial charge in [0, 0.05) is 38.7 Å². The lowest BCUT2D eigenvalue weighted by molar-refractivity contribution is -0.165. The number of hydrogen-bond donors (Lipinski definition) is 3. The first-order chi connectivity index (χ1) is 5.95. The Morgan fingerprint density at radius 1 is 1.46 bits per heavy atom. The summed E-state index contributed by atoms with van der Waals surface area (Å²) in [5.74, 6) is -1.31. The van der Waals surface area contributed by atoms with E-state index in [2.05, 4.69) is 32.3 Å². The van der Waals surface area contributed by atoms with Crippen LogP contribution in [-0.4, -0.2) is 31.4 Å². The number of halogens is 2. The van der Waals surface area contributed by atoms with Crippen molar-refractivity contribution in [2.75, 3.05) is 6.54 Å². The highest BCUT2D eigenvalue weighted by Gasteiger charge is 2.40. The van der Waals surface area contributed by atoms with Crippen LogP contribution < -0.4 is 5.73 Å². The maximum Gasteiger partial charge on any atom is 0.353 e. The summed E-state index contributed by atoms with van der Waals surface area (Å²) in [6.07, 6.45) is 1.34. The van der Waals surface area contributed by atoms with Gasteiger partial charge in [0.2, 0.25) is 5.72 Å². The molecule has 7 heteroatoms. The quantitative estimate of drug-likeness (QED) is 0.383. The molecule has 0 saturated carbocycles. The third-order valence-electron chi connectivity index (χ3n) is 1.60. The van der Waals surface area contributed by atoms with E-state index in [1.807, 2.05) is 0 Å². The lowest BCUT2D eigenvalue weighted by Gasteiger charge is -2.26. The molecule has 0 aromatic rings. The van der Waals surface area contributed by atoms with Crippen LogP contribution in [0.3, 0.4) is 0 Å². The molecule has 0 aliphatic rings. The molecule has 13 heavy (non-hydrogen) atoms. The number of nitrogens with two attached hydrogens (primary N) is 1. The summed E-state index contributed by atoms with van der Waals surface area (Å²) >= 11 is 5.68. The molecule has 0 bridgehead atoms. The van der Waals surface area contributed by atoms with Crippen LogP contribution in [0.4, 0.5) is 0 Å². The summed E-state index contributed by atoms with van der Waals surface area (Å²) in [6, 6.07) is 0. The molecule has 0 fully saturated rings. The van der Waals surface area contributed by atoms with Gasteiger partial charge in [0.05, 0.1) is 0 Å². The highest BCUT2D eigenvalue weighted by Crippen LogP contribution is 2.26. The zero-order valence-electron chi connectivity index (χ0n) is 6.91. The number of hydrogen-bond acceptors (Lipinski definition) is 4. The van der Waals surface area contributed by atoms with Crippen LogP contribution in [0.5, 0.6) is 0 Å². The van der Waals surface area contributed by atoms with Crippen molar-refractivity contribution in [2.45, 2.75) is 25.0 Å². The first-order valence-electron chi connectivity index (χ1n) is 3.72. The Balaban J connectivity index is 4.17. The summed E-state index contributed by atoms with van der Waals surface area (Å²) in [5.41, 5.74) is 3.32. The minimum Gasteiger partial charge on any atom is -0.478 e. The van der Waals surface area contributed by atoms with Gasteiger partial charge in [-0.05, 0) is 19.4 Å². The van der Waals surface area contributed by atoms with Crippen LogP contribution in [0.15, 0.2) is 0 Å². The summed E-state index contributed by atoms with van der Waals surface area (Å²) in [7, 11) is 0. The van der Waals surface area contributed by atoms with Gasteiger partial charge in [0.15, 0.2) is 0 Å². The normalized spacial score (nSPS) is 15.8. The van der Waals surface area contributed by atoms with E-state index in [1.54, 1.807) is 0 Å². The molecule has 1 atom stereocenters. The van der Waals surface area contributed by atoms with Crippen LogP contribution in [0, 0.1) is 0 Å². The number of nitrogens with zero attached hydrogens (tertiary/aromatic N) is 1. The van der Waals surface area contributed by atoms with Gasteiger partial charge in [0.1, 0.15) is 0 Å². The molecule has 0 aromatic heterocycles. The van der Waals surface area contributed by atoms with Gasteiger partial charge in [-0.2, -0.15) is 0 Å². The number of carboxylic acids is 1. The molecule has 0 saturated heterocycles. The Morgan fingerprint density at radius 2 is 2.00 bits per heavy atom. The monoisotopic (exact) mass is 318 g/mol. The Bertz CT molecular complexity index is 179. The number of unbranched alkanes of at least 4 members (excludes halogenated alkanes) is 1. The van der Waals surface area contributed by atoms with Crippen LogP contribution >= 0.6 is 32.3 Å². The van der Waals surface area contributed by atoms with Gasteiger partial charge < -0.3 is 15.9 Å². The number of rotatable bonds is 6. The zero-order chi connectivity index (χ0) is 10.5. The lowest BCUT2D eigenvalue weighted by Crippen LogP contribution is -2.46. The van der Waals surface area contributed by atoms with Crippen molar-refractivity contribution in [3.05, 3.63) is 0 Å². The van der Waals surface area contributed by atoms with Crippen molar-refractivity contribution in [2.24, 2.45) is 5.73 Å². The minimum absolute atomic E-state index is 0.107. The van der Waals surface area contributed by atoms with Gasteiger partial charge >= 0.3 is 5.97 Å². The number of carboxylic acid groups (broad SMARTS) is 1. The molecular formula is C6H12Br2N2O3. The van der Waals surface area contributed by atoms with Crippen molar-refractivity contribution in [1.82, 2.24) is 2.95 Å². The minimum atomic E-state index is -1.92. The van der Waals surface area contributed by atoms with Crippen LogP contribution in [0.25, 0.3) is 0 Å². The van der Waals surface area contributed by atoms with Gasteiger partial charge in [-0.3, -0.25) is 0 Å². The SMILES string of the molecule is NCCCC[C@@](O)(C(=O)O)N(Br)Br. The second kappa shape index (κ2) is 5.92. The molecule has 0 aliphatic heterocycles. The predicted octanol–water partition coefficient (Wildman–Crippen LogP) is 0.810. The van der Waals surface area contributed by atoms with Gasteiger partial charge in [-0.15, -0.1) is 2.95 Å². The highest BCUT2D eigenvalue weighted by atomic mass is 79.9. The van der Waals surface area contributed by atoms with E-state index in [4.69, 9.17) is 10.8 Å². The second-order valence-corrected chi connectivity index (χ2v) is 4.97. The molecule has 0 aromatic carbocycles. The number of aliphatic carboxylic acids is 1. The average Bonchev–Trinajstić information content (AvgIpc) is 2.03. The van der Waals surface area contributed by atoms with Crippen LogP contribution in [-0.2, 0) is 4.79 Å². The third-order valence-corrected chi connectivity index (χ3v) is 2.78. The molecule has 0 spiro atoms. The molecule has 4 N–H and O–H groups in total. The molecule has 0 radical (unpaired) electrons. The Labute approximate surface area is 93.6 Å². The summed E-state index contributed by atoms with van der Waals surface area (Å²) in [4.78, 5) is 10.7. The summed E-state index contributed by atoms with van der Waals surface area (Å²) in [6.45, 7) is 0.486. The van der Waals surface area contributed by atoms with Crippen molar-refractivity contribution < 1.29 is 15.0 Å². The predicted molar refractivity (Wildman–Crippen MR) is 55.2 cm³/mol.